The van der Waals surface area contributed by atoms with Gasteiger partial charge in [0, 0.05) is 24.5 Å². The smallest absolute Gasteiger partial charge is 0.251 e. The lowest BCUT2D eigenvalue weighted by Gasteiger charge is -2.19. The first-order valence-corrected chi connectivity index (χ1v) is 10.7. The van der Waals surface area contributed by atoms with Crippen molar-refractivity contribution in [2.24, 2.45) is 0 Å². The third kappa shape index (κ3) is 4.60. The van der Waals surface area contributed by atoms with Crippen LogP contribution in [-0.4, -0.2) is 40.1 Å². The molecule has 0 saturated carbocycles. The molecule has 1 atom stereocenters. The number of benzene rings is 2. The number of nitrogens with one attached hydrogen (secondary N) is 1. The third-order valence-corrected chi connectivity index (χ3v) is 6.71. The molecule has 3 aromatic rings. The van der Waals surface area contributed by atoms with Gasteiger partial charge in [0.1, 0.15) is 5.25 Å². The Kier molecular flexibility index (Phi) is 6.68. The molecule has 1 amide bonds. The van der Waals surface area contributed by atoms with E-state index in [0.29, 0.717) is 22.6 Å². The molecule has 8 heteroatoms. The van der Waals surface area contributed by atoms with E-state index >= 15 is 0 Å². The van der Waals surface area contributed by atoms with Crippen molar-refractivity contribution in [2.45, 2.75) is 10.1 Å². The largest absolute Gasteiger partial charge is 0.493 e. The van der Waals surface area contributed by atoms with Crippen LogP contribution < -0.4 is 14.8 Å². The van der Waals surface area contributed by atoms with Crippen molar-refractivity contribution in [1.82, 2.24) is 10.3 Å². The number of amides is 1. The number of ether oxygens (including phenoxy) is 2. The Hall–Kier alpha value is -3.39. The van der Waals surface area contributed by atoms with Crippen LogP contribution in [0.25, 0.3) is 0 Å². The van der Waals surface area contributed by atoms with Crippen molar-refractivity contribution in [1.29, 1.82) is 0 Å². The number of rotatable bonds is 8. The molecule has 0 saturated heterocycles. The van der Waals surface area contributed by atoms with Gasteiger partial charge in [0.05, 0.1) is 19.1 Å². The van der Waals surface area contributed by atoms with Gasteiger partial charge in [-0.25, -0.2) is 8.42 Å². The van der Waals surface area contributed by atoms with E-state index in [-0.39, 0.29) is 11.4 Å². The molecule has 156 valence electrons. The number of nitrogens with zero attached hydrogens (tertiary/aromatic N) is 1. The average Bonchev–Trinajstić information content (AvgIpc) is 2.79. The van der Waals surface area contributed by atoms with Gasteiger partial charge in [-0.05, 0) is 42.0 Å². The Balaban J connectivity index is 1.87. The maximum atomic E-state index is 13.3. The highest BCUT2D eigenvalue weighted by Gasteiger charge is 2.30. The summed E-state index contributed by atoms with van der Waals surface area (Å²) in [5.41, 5.74) is 0.823. The van der Waals surface area contributed by atoms with Gasteiger partial charge in [-0.2, -0.15) is 0 Å². The quantitative estimate of drug-likeness (QED) is 0.595. The average molecular weight is 426 g/mol. The SMILES string of the molecule is COc1ccc(C(=O)NCC(c2cccnc2)S(=O)(=O)c2ccccc2)cc1OC. The van der Waals surface area contributed by atoms with Gasteiger partial charge < -0.3 is 14.8 Å². The standard InChI is InChI=1S/C22H22N2O5S/c1-28-19-11-10-16(13-20(19)29-2)22(25)24-15-21(17-7-6-12-23-14-17)30(26,27)18-8-4-3-5-9-18/h3-14,21H,15H2,1-2H3,(H,24,25). The highest BCUT2D eigenvalue weighted by atomic mass is 32.2. The van der Waals surface area contributed by atoms with Crippen LogP contribution in [0.2, 0.25) is 0 Å². The van der Waals surface area contributed by atoms with Gasteiger partial charge in [0.25, 0.3) is 5.91 Å². The van der Waals surface area contributed by atoms with E-state index < -0.39 is 21.0 Å². The molecule has 3 rings (SSSR count). The number of hydrogen-bond donors (Lipinski definition) is 1. The second kappa shape index (κ2) is 9.41. The van der Waals surface area contributed by atoms with Crippen LogP contribution in [0.5, 0.6) is 11.5 Å². The predicted molar refractivity (Wildman–Crippen MR) is 112 cm³/mol. The fourth-order valence-electron chi connectivity index (χ4n) is 3.01. The lowest BCUT2D eigenvalue weighted by molar-refractivity contribution is 0.0953. The van der Waals surface area contributed by atoms with Crippen LogP contribution in [0.4, 0.5) is 0 Å². The summed E-state index contributed by atoms with van der Waals surface area (Å²) in [5, 5.41) is 1.73. The third-order valence-electron chi connectivity index (χ3n) is 4.60. The monoisotopic (exact) mass is 426 g/mol. The number of aromatic nitrogens is 1. The minimum Gasteiger partial charge on any atom is -0.493 e. The van der Waals surface area contributed by atoms with Crippen molar-refractivity contribution in [2.75, 3.05) is 20.8 Å². The van der Waals surface area contributed by atoms with Crippen LogP contribution in [0, 0.1) is 0 Å². The highest BCUT2D eigenvalue weighted by Crippen LogP contribution is 2.29. The van der Waals surface area contributed by atoms with Gasteiger partial charge in [-0.3, -0.25) is 9.78 Å². The Morgan fingerprint density at radius 3 is 2.37 bits per heavy atom. The van der Waals surface area contributed by atoms with Gasteiger partial charge in [0.15, 0.2) is 21.3 Å². The van der Waals surface area contributed by atoms with Crippen LogP contribution in [0.3, 0.4) is 0 Å². The molecule has 1 unspecified atom stereocenters. The maximum Gasteiger partial charge on any atom is 0.251 e. The second-order valence-corrected chi connectivity index (χ2v) is 8.54. The van der Waals surface area contributed by atoms with Crippen molar-refractivity contribution in [3.63, 3.8) is 0 Å². The summed E-state index contributed by atoms with van der Waals surface area (Å²) in [6.45, 7) is -0.115. The molecular formula is C22H22N2O5S. The van der Waals surface area contributed by atoms with Crippen LogP contribution in [0.15, 0.2) is 78.0 Å². The Morgan fingerprint density at radius 1 is 1.00 bits per heavy atom. The first kappa shape index (κ1) is 21.3. The van der Waals surface area contributed by atoms with E-state index in [1.807, 2.05) is 0 Å². The highest BCUT2D eigenvalue weighted by molar-refractivity contribution is 7.91. The molecular weight excluding hydrogens is 404 g/mol. The topological polar surface area (TPSA) is 94.6 Å². The molecule has 30 heavy (non-hydrogen) atoms. The number of carbonyl (C=O) groups is 1. The Labute approximate surface area is 175 Å². The molecule has 0 bridgehead atoms. The van der Waals surface area contributed by atoms with E-state index in [1.54, 1.807) is 54.7 Å². The first-order valence-electron chi connectivity index (χ1n) is 9.16. The summed E-state index contributed by atoms with van der Waals surface area (Å²) in [4.78, 5) is 16.9. The number of sulfone groups is 1. The molecule has 2 aromatic carbocycles. The summed E-state index contributed by atoms with van der Waals surface area (Å²) in [7, 11) is -0.774. The second-order valence-electron chi connectivity index (χ2n) is 6.41. The van der Waals surface area contributed by atoms with E-state index in [0.717, 1.165) is 0 Å². The Bertz CT molecular complexity index is 1100. The molecule has 0 aliphatic carbocycles. The molecule has 0 spiro atoms. The molecule has 7 nitrogen and oxygen atoms in total. The molecule has 0 radical (unpaired) electrons. The summed E-state index contributed by atoms with van der Waals surface area (Å²) in [5.74, 6) is 0.480. The molecule has 1 heterocycles. The predicted octanol–water partition coefficient (Wildman–Crippen LogP) is 3.04. The van der Waals surface area contributed by atoms with E-state index in [2.05, 4.69) is 10.3 Å². The van der Waals surface area contributed by atoms with Gasteiger partial charge >= 0.3 is 0 Å². The summed E-state index contributed by atoms with van der Waals surface area (Å²) >= 11 is 0. The van der Waals surface area contributed by atoms with E-state index in [9.17, 15) is 13.2 Å². The van der Waals surface area contributed by atoms with E-state index in [4.69, 9.17) is 9.47 Å². The van der Waals surface area contributed by atoms with Crippen molar-refractivity contribution in [3.8, 4) is 11.5 Å². The molecule has 1 aromatic heterocycles. The minimum absolute atomic E-state index is 0.115. The fraction of sp³-hybridized carbons (Fsp3) is 0.182. The molecule has 0 aliphatic heterocycles. The van der Waals surface area contributed by atoms with Crippen molar-refractivity contribution >= 4 is 15.7 Å². The lowest BCUT2D eigenvalue weighted by atomic mass is 10.1. The van der Waals surface area contributed by atoms with Gasteiger partial charge in [0.2, 0.25) is 0 Å². The van der Waals surface area contributed by atoms with Crippen LogP contribution >= 0.6 is 0 Å². The Morgan fingerprint density at radius 2 is 1.73 bits per heavy atom. The van der Waals surface area contributed by atoms with Crippen molar-refractivity contribution < 1.29 is 22.7 Å². The summed E-state index contributed by atoms with van der Waals surface area (Å²) < 4.78 is 36.9. The zero-order valence-electron chi connectivity index (χ0n) is 16.6. The van der Waals surface area contributed by atoms with E-state index in [1.165, 1.54) is 32.5 Å². The molecule has 0 fully saturated rings. The zero-order chi connectivity index (χ0) is 21.6. The minimum atomic E-state index is -3.75. The summed E-state index contributed by atoms with van der Waals surface area (Å²) in [6.07, 6.45) is 3.06. The van der Waals surface area contributed by atoms with Gasteiger partial charge in [-0.1, -0.05) is 24.3 Å². The number of pyridine rings is 1. The van der Waals surface area contributed by atoms with Crippen molar-refractivity contribution in [3.05, 3.63) is 84.2 Å². The van der Waals surface area contributed by atoms with Crippen LogP contribution in [-0.2, 0) is 9.84 Å². The maximum absolute atomic E-state index is 13.3. The number of methoxy groups -OCH3 is 2. The molecule has 1 N–H and O–H groups in total. The van der Waals surface area contributed by atoms with Gasteiger partial charge in [-0.15, -0.1) is 0 Å². The molecule has 0 aliphatic rings. The fourth-order valence-corrected chi connectivity index (χ4v) is 4.68. The summed E-state index contributed by atoms with van der Waals surface area (Å²) in [6, 6.07) is 16.2. The zero-order valence-corrected chi connectivity index (χ0v) is 17.4. The normalized spacial score (nSPS) is 12.1. The van der Waals surface area contributed by atoms with Crippen LogP contribution in [0.1, 0.15) is 21.2 Å². The number of carbonyl (C=O) groups excluding carboxylic acids is 1. The lowest BCUT2D eigenvalue weighted by Crippen LogP contribution is -2.32. The first-order chi connectivity index (χ1) is 14.5. The number of hydrogen-bond acceptors (Lipinski definition) is 6.